The van der Waals surface area contributed by atoms with Crippen LogP contribution in [0.3, 0.4) is 0 Å². The number of rotatable bonds is 3. The standard InChI is InChI=1S/C21H25N5O/c27-19(25-10-18(11-25)17-2-1-3-22-9-17)20-5-15-4-16(6-20)8-21(7-15,12-20)26-14-23-13-24-26/h1-3,9,13-16,18H,4-8,10-12H2/t15-,16+,20?,21?. The van der Waals surface area contributed by atoms with Crippen LogP contribution in [0.25, 0.3) is 0 Å². The van der Waals surface area contributed by atoms with Crippen LogP contribution in [-0.4, -0.2) is 43.6 Å². The Morgan fingerprint density at radius 3 is 2.59 bits per heavy atom. The minimum atomic E-state index is -0.171. The largest absolute Gasteiger partial charge is 0.341 e. The molecule has 2 aromatic heterocycles. The number of pyridine rings is 1. The highest BCUT2D eigenvalue weighted by Crippen LogP contribution is 2.64. The SMILES string of the molecule is O=C(N1CC(c2cccnc2)C1)C12C[C@H]3C[C@@H](C1)CC(n1cncn1)(C3)C2. The Labute approximate surface area is 159 Å². The number of carbonyl (C=O) groups excluding carboxylic acids is 1. The maximum Gasteiger partial charge on any atom is 0.228 e. The topological polar surface area (TPSA) is 63.9 Å². The number of likely N-dealkylation sites (tertiary alicyclic amines) is 1. The van der Waals surface area contributed by atoms with Crippen LogP contribution < -0.4 is 0 Å². The molecule has 7 rings (SSSR count). The van der Waals surface area contributed by atoms with Gasteiger partial charge in [-0.3, -0.25) is 9.78 Å². The average Bonchev–Trinajstić information content (AvgIpc) is 3.16. The highest BCUT2D eigenvalue weighted by Gasteiger charge is 2.62. The van der Waals surface area contributed by atoms with E-state index < -0.39 is 0 Å². The fourth-order valence-corrected chi connectivity index (χ4v) is 6.99. The van der Waals surface area contributed by atoms with Gasteiger partial charge in [-0.1, -0.05) is 6.07 Å². The zero-order valence-electron chi connectivity index (χ0n) is 15.5. The van der Waals surface area contributed by atoms with Crippen LogP contribution >= 0.6 is 0 Å². The van der Waals surface area contributed by atoms with Crippen molar-refractivity contribution in [2.75, 3.05) is 13.1 Å². The fourth-order valence-electron chi connectivity index (χ4n) is 6.99. The number of aromatic nitrogens is 4. The van der Waals surface area contributed by atoms with Crippen molar-refractivity contribution in [1.29, 1.82) is 0 Å². The lowest BCUT2D eigenvalue weighted by atomic mass is 9.46. The Kier molecular flexibility index (Phi) is 3.15. The first-order valence-corrected chi connectivity index (χ1v) is 10.2. The van der Waals surface area contributed by atoms with E-state index in [2.05, 4.69) is 30.7 Å². The van der Waals surface area contributed by atoms with Gasteiger partial charge < -0.3 is 4.90 Å². The van der Waals surface area contributed by atoms with Gasteiger partial charge in [0.2, 0.25) is 5.91 Å². The van der Waals surface area contributed by atoms with E-state index in [1.54, 1.807) is 6.33 Å². The third-order valence-electron chi connectivity index (χ3n) is 7.71. The van der Waals surface area contributed by atoms with E-state index in [9.17, 15) is 4.79 Å². The van der Waals surface area contributed by atoms with Crippen LogP contribution in [0.15, 0.2) is 37.2 Å². The molecule has 0 aromatic carbocycles. The molecule has 2 aromatic rings. The molecule has 1 aliphatic heterocycles. The van der Waals surface area contributed by atoms with Gasteiger partial charge in [-0.15, -0.1) is 0 Å². The molecule has 0 N–H and O–H groups in total. The summed E-state index contributed by atoms with van der Waals surface area (Å²) in [6, 6.07) is 4.12. The summed E-state index contributed by atoms with van der Waals surface area (Å²) in [7, 11) is 0. The fraction of sp³-hybridized carbons (Fsp3) is 0.619. The lowest BCUT2D eigenvalue weighted by Crippen LogP contribution is -2.63. The van der Waals surface area contributed by atoms with Gasteiger partial charge in [-0.05, 0) is 62.0 Å². The lowest BCUT2D eigenvalue weighted by Gasteiger charge is -2.62. The molecule has 4 atom stereocenters. The Morgan fingerprint density at radius 1 is 1.11 bits per heavy atom. The zero-order chi connectivity index (χ0) is 18.1. The summed E-state index contributed by atoms with van der Waals surface area (Å²) in [5, 5.41) is 4.50. The van der Waals surface area contributed by atoms with E-state index in [0.717, 1.165) is 32.4 Å². The second kappa shape index (κ2) is 5.40. The molecular formula is C21H25N5O. The Hall–Kier alpha value is -2.24. The first-order valence-electron chi connectivity index (χ1n) is 10.2. The average molecular weight is 363 g/mol. The van der Waals surface area contributed by atoms with Crippen molar-refractivity contribution in [3.8, 4) is 0 Å². The minimum absolute atomic E-state index is 0.0177. The molecule has 5 fully saturated rings. The Morgan fingerprint density at radius 2 is 1.93 bits per heavy atom. The molecule has 0 spiro atoms. The Balaban J connectivity index is 1.25. The molecule has 3 heterocycles. The van der Waals surface area contributed by atoms with Gasteiger partial charge in [-0.25, -0.2) is 9.67 Å². The first-order chi connectivity index (χ1) is 13.2. The molecule has 4 saturated carbocycles. The molecule has 5 aliphatic rings. The van der Waals surface area contributed by atoms with Gasteiger partial charge >= 0.3 is 0 Å². The second-order valence-electron chi connectivity index (χ2n) is 9.50. The van der Waals surface area contributed by atoms with Crippen LogP contribution in [0.2, 0.25) is 0 Å². The van der Waals surface area contributed by atoms with Gasteiger partial charge in [-0.2, -0.15) is 5.10 Å². The number of nitrogens with zero attached hydrogens (tertiary/aromatic N) is 5. The molecule has 2 unspecified atom stereocenters. The summed E-state index contributed by atoms with van der Waals surface area (Å²) in [4.78, 5) is 24.2. The molecule has 4 bridgehead atoms. The maximum absolute atomic E-state index is 13.6. The van der Waals surface area contributed by atoms with Crippen LogP contribution in [-0.2, 0) is 10.3 Å². The van der Waals surface area contributed by atoms with Crippen molar-refractivity contribution in [2.45, 2.75) is 50.0 Å². The van der Waals surface area contributed by atoms with Crippen LogP contribution in [0, 0.1) is 17.3 Å². The predicted octanol–water partition coefficient (Wildman–Crippen LogP) is 2.59. The van der Waals surface area contributed by atoms with E-state index in [1.165, 1.54) is 24.8 Å². The quantitative estimate of drug-likeness (QED) is 0.841. The number of hydrogen-bond acceptors (Lipinski definition) is 4. The predicted molar refractivity (Wildman–Crippen MR) is 98.7 cm³/mol. The molecule has 1 saturated heterocycles. The van der Waals surface area contributed by atoms with E-state index in [0.29, 0.717) is 23.7 Å². The molecule has 140 valence electrons. The van der Waals surface area contributed by atoms with Crippen LogP contribution in [0.4, 0.5) is 0 Å². The number of hydrogen-bond donors (Lipinski definition) is 0. The van der Waals surface area contributed by atoms with E-state index >= 15 is 0 Å². The molecule has 27 heavy (non-hydrogen) atoms. The van der Waals surface area contributed by atoms with Gasteiger partial charge in [0.05, 0.1) is 11.0 Å². The molecule has 6 heteroatoms. The first kappa shape index (κ1) is 15.8. The Bertz CT molecular complexity index is 844. The van der Waals surface area contributed by atoms with Crippen molar-refractivity contribution < 1.29 is 4.79 Å². The van der Waals surface area contributed by atoms with E-state index in [4.69, 9.17) is 0 Å². The minimum Gasteiger partial charge on any atom is -0.341 e. The second-order valence-corrected chi connectivity index (χ2v) is 9.50. The van der Waals surface area contributed by atoms with Crippen molar-refractivity contribution >= 4 is 5.91 Å². The summed E-state index contributed by atoms with van der Waals surface area (Å²) >= 11 is 0. The lowest BCUT2D eigenvalue weighted by molar-refractivity contribution is -0.171. The van der Waals surface area contributed by atoms with Crippen molar-refractivity contribution in [1.82, 2.24) is 24.6 Å². The number of amides is 1. The molecular weight excluding hydrogens is 338 g/mol. The van der Waals surface area contributed by atoms with Gasteiger partial charge in [0.15, 0.2) is 0 Å². The van der Waals surface area contributed by atoms with Gasteiger partial charge in [0.25, 0.3) is 0 Å². The smallest absolute Gasteiger partial charge is 0.228 e. The monoisotopic (exact) mass is 363 g/mol. The maximum atomic E-state index is 13.6. The van der Waals surface area contributed by atoms with Crippen LogP contribution in [0.5, 0.6) is 0 Å². The van der Waals surface area contributed by atoms with Crippen LogP contribution in [0.1, 0.15) is 50.0 Å². The summed E-state index contributed by atoms with van der Waals surface area (Å²) in [5.74, 6) is 2.17. The summed E-state index contributed by atoms with van der Waals surface area (Å²) in [5.41, 5.74) is 1.10. The van der Waals surface area contributed by atoms with Gasteiger partial charge in [0, 0.05) is 31.4 Å². The van der Waals surface area contributed by atoms with Gasteiger partial charge in [0.1, 0.15) is 12.7 Å². The molecule has 4 aliphatic carbocycles. The molecule has 6 nitrogen and oxygen atoms in total. The summed E-state index contributed by atoms with van der Waals surface area (Å²) in [6.45, 7) is 1.69. The highest BCUT2D eigenvalue weighted by atomic mass is 16.2. The van der Waals surface area contributed by atoms with Crippen molar-refractivity contribution in [3.63, 3.8) is 0 Å². The molecule has 0 radical (unpaired) electrons. The van der Waals surface area contributed by atoms with E-state index in [-0.39, 0.29) is 11.0 Å². The zero-order valence-corrected chi connectivity index (χ0v) is 15.5. The van der Waals surface area contributed by atoms with Crippen molar-refractivity contribution in [3.05, 3.63) is 42.7 Å². The highest BCUT2D eigenvalue weighted by molar-refractivity contribution is 5.84. The normalized spacial score (nSPS) is 37.4. The van der Waals surface area contributed by atoms with E-state index in [1.807, 2.05) is 24.8 Å². The van der Waals surface area contributed by atoms with Crippen molar-refractivity contribution in [2.24, 2.45) is 17.3 Å². The number of carbonyl (C=O) groups is 1. The summed E-state index contributed by atoms with van der Waals surface area (Å²) in [6.07, 6.45) is 14.0. The molecule has 1 amide bonds. The third kappa shape index (κ3) is 2.25. The third-order valence-corrected chi connectivity index (χ3v) is 7.71. The summed E-state index contributed by atoms with van der Waals surface area (Å²) < 4.78 is 2.08.